The first-order valence-corrected chi connectivity index (χ1v) is 7.24. The number of nitrogens with one attached hydrogen (secondary N) is 1. The van der Waals surface area contributed by atoms with Gasteiger partial charge < -0.3 is 14.8 Å². The van der Waals surface area contributed by atoms with E-state index in [9.17, 15) is 4.79 Å². The minimum atomic E-state index is -0.731. The highest BCUT2D eigenvalue weighted by atomic mass is 16.5. The Morgan fingerprint density at radius 3 is 2.33 bits per heavy atom. The Balaban J connectivity index is 2.75. The number of para-hydroxylation sites is 1. The maximum Gasteiger partial charge on any atom is 0.325 e. The van der Waals surface area contributed by atoms with Crippen LogP contribution in [0.1, 0.15) is 39.7 Å². The molecule has 0 aliphatic carbocycles. The van der Waals surface area contributed by atoms with Gasteiger partial charge >= 0.3 is 5.97 Å². The number of likely N-dealkylation sites (N-methyl/N-ethyl adjacent to an activating group) is 1. The first kappa shape index (κ1) is 17.5. The maximum absolute atomic E-state index is 11.8. The molecule has 1 aromatic rings. The van der Waals surface area contributed by atoms with Gasteiger partial charge in [0.2, 0.25) is 0 Å². The highest BCUT2D eigenvalue weighted by Crippen LogP contribution is 2.31. The Kier molecular flexibility index (Phi) is 5.78. The minimum absolute atomic E-state index is 0.0191. The molecule has 0 heterocycles. The molecular weight excluding hydrogens is 266 g/mol. The normalized spacial score (nSPS) is 14.4. The fourth-order valence-corrected chi connectivity index (χ4v) is 2.13. The van der Waals surface area contributed by atoms with E-state index in [1.807, 2.05) is 25.1 Å². The van der Waals surface area contributed by atoms with Gasteiger partial charge in [-0.25, -0.2) is 0 Å². The molecule has 4 heteroatoms. The van der Waals surface area contributed by atoms with Crippen LogP contribution in [0.3, 0.4) is 0 Å². The summed E-state index contributed by atoms with van der Waals surface area (Å²) in [5, 5.41) is 3.01. The molecular formula is C17H27NO3. The van der Waals surface area contributed by atoms with E-state index in [1.165, 1.54) is 7.11 Å². The van der Waals surface area contributed by atoms with Crippen molar-refractivity contribution in [1.29, 1.82) is 0 Å². The molecule has 21 heavy (non-hydrogen) atoms. The van der Waals surface area contributed by atoms with Crippen LogP contribution in [0, 0.1) is 0 Å². The first-order chi connectivity index (χ1) is 9.74. The van der Waals surface area contributed by atoms with Crippen molar-refractivity contribution in [3.63, 3.8) is 0 Å². The Morgan fingerprint density at radius 2 is 1.81 bits per heavy atom. The van der Waals surface area contributed by atoms with Crippen molar-refractivity contribution >= 4 is 5.97 Å². The number of esters is 1. The summed E-state index contributed by atoms with van der Waals surface area (Å²) in [7, 11) is 3.15. The number of carbonyl (C=O) groups excluding carboxylic acids is 1. The average molecular weight is 293 g/mol. The van der Waals surface area contributed by atoms with Crippen LogP contribution in [-0.2, 0) is 14.9 Å². The molecule has 118 valence electrons. The van der Waals surface area contributed by atoms with E-state index in [0.29, 0.717) is 13.0 Å². The van der Waals surface area contributed by atoms with E-state index in [1.54, 1.807) is 7.05 Å². The molecule has 0 saturated heterocycles. The van der Waals surface area contributed by atoms with Crippen molar-refractivity contribution in [2.45, 2.75) is 45.1 Å². The van der Waals surface area contributed by atoms with E-state index in [0.717, 1.165) is 11.3 Å². The zero-order valence-corrected chi connectivity index (χ0v) is 13.9. The van der Waals surface area contributed by atoms with Crippen LogP contribution < -0.4 is 10.1 Å². The van der Waals surface area contributed by atoms with E-state index in [2.05, 4.69) is 32.2 Å². The van der Waals surface area contributed by atoms with Gasteiger partial charge in [-0.1, -0.05) is 39.0 Å². The number of methoxy groups -OCH3 is 1. The van der Waals surface area contributed by atoms with Gasteiger partial charge in [0.1, 0.15) is 11.3 Å². The van der Waals surface area contributed by atoms with Gasteiger partial charge in [-0.15, -0.1) is 0 Å². The Morgan fingerprint density at radius 1 is 1.19 bits per heavy atom. The number of benzene rings is 1. The average Bonchev–Trinajstić information content (AvgIpc) is 2.45. The molecule has 0 aliphatic rings. The lowest BCUT2D eigenvalue weighted by atomic mass is 9.86. The Hall–Kier alpha value is -1.55. The molecule has 4 nitrogen and oxygen atoms in total. The molecule has 0 fully saturated rings. The molecule has 1 N–H and O–H groups in total. The molecule has 0 bridgehead atoms. The molecule has 1 rings (SSSR count). The lowest BCUT2D eigenvalue weighted by molar-refractivity contribution is -0.148. The van der Waals surface area contributed by atoms with E-state index in [4.69, 9.17) is 9.47 Å². The Labute approximate surface area is 127 Å². The van der Waals surface area contributed by atoms with Gasteiger partial charge in [-0.05, 0) is 31.0 Å². The maximum atomic E-state index is 11.8. The summed E-state index contributed by atoms with van der Waals surface area (Å²) in [6, 6.07) is 8.02. The zero-order chi connectivity index (χ0) is 16.1. The summed E-state index contributed by atoms with van der Waals surface area (Å²) in [6.07, 6.45) is 0.536. The second-order valence-electron chi connectivity index (χ2n) is 6.42. The van der Waals surface area contributed by atoms with Crippen LogP contribution in [-0.4, -0.2) is 32.3 Å². The van der Waals surface area contributed by atoms with Crippen LogP contribution in [0.5, 0.6) is 5.75 Å². The van der Waals surface area contributed by atoms with Gasteiger partial charge in [0.25, 0.3) is 0 Å². The van der Waals surface area contributed by atoms with Crippen molar-refractivity contribution < 1.29 is 14.3 Å². The number of hydrogen-bond donors (Lipinski definition) is 1. The van der Waals surface area contributed by atoms with Gasteiger partial charge in [0, 0.05) is 6.42 Å². The molecule has 1 unspecified atom stereocenters. The number of ether oxygens (including phenoxy) is 2. The molecule has 0 amide bonds. The van der Waals surface area contributed by atoms with Crippen LogP contribution in [0.15, 0.2) is 24.3 Å². The van der Waals surface area contributed by atoms with E-state index < -0.39 is 5.54 Å². The smallest absolute Gasteiger partial charge is 0.325 e. The monoisotopic (exact) mass is 293 g/mol. The fraction of sp³-hybridized carbons (Fsp3) is 0.588. The van der Waals surface area contributed by atoms with Crippen LogP contribution in [0.4, 0.5) is 0 Å². The number of hydrogen-bond acceptors (Lipinski definition) is 4. The highest BCUT2D eigenvalue weighted by Gasteiger charge is 2.32. The second-order valence-corrected chi connectivity index (χ2v) is 6.42. The van der Waals surface area contributed by atoms with Gasteiger partial charge in [0.15, 0.2) is 0 Å². The molecule has 0 radical (unpaired) electrons. The molecule has 1 aromatic carbocycles. The summed E-state index contributed by atoms with van der Waals surface area (Å²) < 4.78 is 10.7. The van der Waals surface area contributed by atoms with Crippen molar-refractivity contribution in [3.8, 4) is 5.75 Å². The quantitative estimate of drug-likeness (QED) is 0.819. The topological polar surface area (TPSA) is 47.6 Å². The molecule has 1 atom stereocenters. The van der Waals surface area contributed by atoms with Gasteiger partial charge in [-0.3, -0.25) is 4.79 Å². The predicted octanol–water partition coefficient (Wildman–Crippen LogP) is 2.90. The zero-order valence-electron chi connectivity index (χ0n) is 13.9. The summed E-state index contributed by atoms with van der Waals surface area (Å²) in [4.78, 5) is 11.8. The second kappa shape index (κ2) is 6.94. The first-order valence-electron chi connectivity index (χ1n) is 7.24. The third-order valence-electron chi connectivity index (χ3n) is 3.74. The largest absolute Gasteiger partial charge is 0.493 e. The van der Waals surface area contributed by atoms with E-state index >= 15 is 0 Å². The van der Waals surface area contributed by atoms with Gasteiger partial charge in [-0.2, -0.15) is 0 Å². The van der Waals surface area contributed by atoms with Crippen molar-refractivity contribution in [2.24, 2.45) is 0 Å². The van der Waals surface area contributed by atoms with Crippen molar-refractivity contribution in [1.82, 2.24) is 5.32 Å². The van der Waals surface area contributed by atoms with Crippen molar-refractivity contribution in [2.75, 3.05) is 20.8 Å². The standard InChI is InChI=1S/C17H27NO3/c1-16(2,3)13-9-7-8-10-14(13)21-12-11-17(4,18-5)15(19)20-6/h7-10,18H,11-12H2,1-6H3. The highest BCUT2D eigenvalue weighted by molar-refractivity contribution is 5.80. The van der Waals surface area contributed by atoms with Crippen LogP contribution in [0.2, 0.25) is 0 Å². The predicted molar refractivity (Wildman–Crippen MR) is 84.7 cm³/mol. The Bertz CT molecular complexity index is 479. The summed E-state index contributed by atoms with van der Waals surface area (Å²) >= 11 is 0. The van der Waals surface area contributed by atoms with Gasteiger partial charge in [0.05, 0.1) is 13.7 Å². The number of rotatable bonds is 6. The minimum Gasteiger partial charge on any atom is -0.493 e. The molecule has 0 saturated carbocycles. The third kappa shape index (κ3) is 4.46. The van der Waals surface area contributed by atoms with E-state index in [-0.39, 0.29) is 11.4 Å². The summed E-state index contributed by atoms with van der Waals surface area (Å²) in [5.41, 5.74) is 0.450. The third-order valence-corrected chi connectivity index (χ3v) is 3.74. The fourth-order valence-electron chi connectivity index (χ4n) is 2.13. The molecule has 0 aromatic heterocycles. The summed E-state index contributed by atoms with van der Waals surface area (Å²) in [5.74, 6) is 0.589. The lowest BCUT2D eigenvalue weighted by Gasteiger charge is -2.27. The van der Waals surface area contributed by atoms with Crippen LogP contribution >= 0.6 is 0 Å². The molecule has 0 aliphatic heterocycles. The number of carbonyl (C=O) groups is 1. The lowest BCUT2D eigenvalue weighted by Crippen LogP contribution is -2.49. The summed E-state index contributed by atoms with van der Waals surface area (Å²) in [6.45, 7) is 8.72. The van der Waals surface area contributed by atoms with Crippen LogP contribution in [0.25, 0.3) is 0 Å². The van der Waals surface area contributed by atoms with Crippen molar-refractivity contribution in [3.05, 3.63) is 29.8 Å². The SMILES string of the molecule is CNC(C)(CCOc1ccccc1C(C)(C)C)C(=O)OC. The molecule has 0 spiro atoms.